The molecule has 2 heterocycles. The smallest absolute Gasteiger partial charge is 0.302 e. The van der Waals surface area contributed by atoms with Gasteiger partial charge in [0.2, 0.25) is 5.82 Å². The predicted molar refractivity (Wildman–Crippen MR) is 53.7 cm³/mol. The highest BCUT2D eigenvalue weighted by molar-refractivity contribution is 5.59. The number of hydrogen-bond donors (Lipinski definition) is 2. The van der Waals surface area contributed by atoms with Crippen molar-refractivity contribution in [3.05, 3.63) is 45.0 Å². The van der Waals surface area contributed by atoms with Crippen LogP contribution in [0.25, 0.3) is 11.1 Å². The van der Waals surface area contributed by atoms with E-state index >= 15 is 0 Å². The van der Waals surface area contributed by atoms with Gasteiger partial charge in [-0.2, -0.15) is 18.3 Å². The molecule has 0 aliphatic heterocycles. The number of hydrogen-bond acceptors (Lipinski definition) is 4. The molecule has 9 heteroatoms. The van der Waals surface area contributed by atoms with Crippen LogP contribution in [0.2, 0.25) is 0 Å². The third-order valence-electron chi connectivity index (χ3n) is 2.08. The monoisotopic (exact) mass is 258 g/mol. The van der Waals surface area contributed by atoms with Gasteiger partial charge in [0.15, 0.2) is 0 Å². The molecule has 0 saturated carbocycles. The van der Waals surface area contributed by atoms with Gasteiger partial charge in [0.05, 0.1) is 11.1 Å². The van der Waals surface area contributed by atoms with Gasteiger partial charge in [-0.05, 0) is 6.07 Å². The fraction of sp³-hybridized carbons (Fsp3) is 0.111. The first kappa shape index (κ1) is 12.0. The molecule has 0 radical (unpaired) electrons. The summed E-state index contributed by atoms with van der Waals surface area (Å²) < 4.78 is 36.8. The lowest BCUT2D eigenvalue weighted by Gasteiger charge is -2.05. The molecular weight excluding hydrogens is 253 g/mol. The van der Waals surface area contributed by atoms with Crippen molar-refractivity contribution in [2.75, 3.05) is 0 Å². The fourth-order valence-electron chi connectivity index (χ4n) is 1.29. The number of H-pyrrole nitrogens is 2. The van der Waals surface area contributed by atoms with Crippen molar-refractivity contribution in [3.8, 4) is 11.1 Å². The molecule has 0 atom stereocenters. The van der Waals surface area contributed by atoms with Gasteiger partial charge in [-0.3, -0.25) is 9.59 Å². The first-order chi connectivity index (χ1) is 8.39. The van der Waals surface area contributed by atoms with Crippen LogP contribution in [0.4, 0.5) is 13.2 Å². The second kappa shape index (κ2) is 4.09. The standard InChI is InChI=1S/C9H5F3N4O2/c10-9(11,12)8-13-3-5(6(17)15-8)4-1-2-14-16-7(4)18/h1-3H,(H,16,18)(H,13,15,17). The number of rotatable bonds is 1. The Morgan fingerprint density at radius 3 is 2.39 bits per heavy atom. The van der Waals surface area contributed by atoms with Gasteiger partial charge in [0.1, 0.15) is 0 Å². The summed E-state index contributed by atoms with van der Waals surface area (Å²) in [5.41, 5.74) is -2.10. The number of halogens is 3. The zero-order valence-electron chi connectivity index (χ0n) is 8.58. The lowest BCUT2D eigenvalue weighted by Crippen LogP contribution is -2.22. The van der Waals surface area contributed by atoms with E-state index in [0.717, 1.165) is 0 Å². The van der Waals surface area contributed by atoms with E-state index < -0.39 is 23.1 Å². The van der Waals surface area contributed by atoms with Gasteiger partial charge in [0, 0.05) is 12.4 Å². The highest BCUT2D eigenvalue weighted by atomic mass is 19.4. The second-order valence-corrected chi connectivity index (χ2v) is 3.27. The Morgan fingerprint density at radius 1 is 1.11 bits per heavy atom. The molecule has 0 aliphatic rings. The van der Waals surface area contributed by atoms with Crippen molar-refractivity contribution in [3.63, 3.8) is 0 Å². The van der Waals surface area contributed by atoms with Crippen LogP contribution in [0.15, 0.2) is 28.0 Å². The van der Waals surface area contributed by atoms with Gasteiger partial charge in [-0.15, -0.1) is 0 Å². The average molecular weight is 258 g/mol. The quantitative estimate of drug-likeness (QED) is 0.780. The minimum Gasteiger partial charge on any atom is -0.302 e. The van der Waals surface area contributed by atoms with Gasteiger partial charge in [-0.1, -0.05) is 0 Å². The van der Waals surface area contributed by atoms with E-state index in [0.29, 0.717) is 6.20 Å². The molecule has 6 nitrogen and oxygen atoms in total. The van der Waals surface area contributed by atoms with E-state index in [9.17, 15) is 22.8 Å². The molecule has 18 heavy (non-hydrogen) atoms. The molecular formula is C9H5F3N4O2. The summed E-state index contributed by atoms with van der Waals surface area (Å²) in [7, 11) is 0. The molecule has 0 aromatic carbocycles. The summed E-state index contributed by atoms with van der Waals surface area (Å²) in [5, 5.41) is 5.47. The molecule has 94 valence electrons. The van der Waals surface area contributed by atoms with Crippen LogP contribution in [0.1, 0.15) is 5.82 Å². The summed E-state index contributed by atoms with van der Waals surface area (Å²) >= 11 is 0. The fourth-order valence-corrected chi connectivity index (χ4v) is 1.29. The SMILES string of the molecule is O=c1[nH]nccc1-c1cnc(C(F)(F)F)[nH]c1=O. The molecule has 0 amide bonds. The predicted octanol–water partition coefficient (Wildman–Crippen LogP) is 0.539. The summed E-state index contributed by atoms with van der Waals surface area (Å²) in [6.45, 7) is 0. The van der Waals surface area contributed by atoms with E-state index in [1.54, 1.807) is 4.98 Å². The molecule has 0 aliphatic carbocycles. The number of nitrogens with one attached hydrogen (secondary N) is 2. The Kier molecular flexibility index (Phi) is 2.73. The van der Waals surface area contributed by atoms with E-state index in [4.69, 9.17) is 0 Å². The van der Waals surface area contributed by atoms with Crippen LogP contribution in [-0.2, 0) is 6.18 Å². The van der Waals surface area contributed by atoms with Crippen LogP contribution < -0.4 is 11.1 Å². The number of nitrogens with zero attached hydrogens (tertiary/aromatic N) is 2. The lowest BCUT2D eigenvalue weighted by molar-refractivity contribution is -0.145. The summed E-state index contributed by atoms with van der Waals surface area (Å²) in [6, 6.07) is 1.21. The van der Waals surface area contributed by atoms with Crippen LogP contribution in [0.5, 0.6) is 0 Å². The van der Waals surface area contributed by atoms with Crippen LogP contribution in [0.3, 0.4) is 0 Å². The van der Waals surface area contributed by atoms with Crippen LogP contribution in [0, 0.1) is 0 Å². The number of alkyl halides is 3. The molecule has 0 unspecified atom stereocenters. The van der Waals surface area contributed by atoms with Crippen molar-refractivity contribution in [1.29, 1.82) is 0 Å². The molecule has 0 bridgehead atoms. The minimum absolute atomic E-state index is 0.104. The molecule has 2 aromatic heterocycles. The van der Waals surface area contributed by atoms with E-state index in [1.807, 2.05) is 0 Å². The number of aromatic amines is 2. The molecule has 0 fully saturated rings. The zero-order valence-corrected chi connectivity index (χ0v) is 8.58. The van der Waals surface area contributed by atoms with Crippen LogP contribution in [-0.4, -0.2) is 20.2 Å². The third-order valence-corrected chi connectivity index (χ3v) is 2.08. The summed E-state index contributed by atoms with van der Waals surface area (Å²) in [6.07, 6.45) is -2.84. The van der Waals surface area contributed by atoms with Crippen LogP contribution >= 0.6 is 0 Å². The molecule has 0 saturated heterocycles. The van der Waals surface area contributed by atoms with E-state index in [-0.39, 0.29) is 11.1 Å². The zero-order chi connectivity index (χ0) is 13.3. The maximum Gasteiger partial charge on any atom is 0.449 e. The van der Waals surface area contributed by atoms with Crippen molar-refractivity contribution in [1.82, 2.24) is 20.2 Å². The van der Waals surface area contributed by atoms with Crippen molar-refractivity contribution in [2.24, 2.45) is 0 Å². The van der Waals surface area contributed by atoms with Gasteiger partial charge in [-0.25, -0.2) is 10.1 Å². The number of aromatic nitrogens is 4. The van der Waals surface area contributed by atoms with E-state index in [1.165, 1.54) is 12.3 Å². The normalized spacial score (nSPS) is 11.5. The maximum atomic E-state index is 12.3. The second-order valence-electron chi connectivity index (χ2n) is 3.27. The summed E-state index contributed by atoms with van der Waals surface area (Å²) in [5.74, 6) is -1.42. The highest BCUT2D eigenvalue weighted by Gasteiger charge is 2.34. The maximum absolute atomic E-state index is 12.3. The Hall–Kier alpha value is -2.45. The first-order valence-electron chi connectivity index (χ1n) is 4.60. The molecule has 0 spiro atoms. The van der Waals surface area contributed by atoms with Gasteiger partial charge < -0.3 is 4.98 Å². The molecule has 2 rings (SSSR count). The Balaban J connectivity index is 2.60. The molecule has 2 aromatic rings. The van der Waals surface area contributed by atoms with E-state index in [2.05, 4.69) is 15.2 Å². The third kappa shape index (κ3) is 2.14. The Bertz CT molecular complexity index is 689. The summed E-state index contributed by atoms with van der Waals surface area (Å²) in [4.78, 5) is 27.5. The Morgan fingerprint density at radius 2 is 1.83 bits per heavy atom. The highest BCUT2D eigenvalue weighted by Crippen LogP contribution is 2.25. The topological polar surface area (TPSA) is 91.5 Å². The first-order valence-corrected chi connectivity index (χ1v) is 4.60. The van der Waals surface area contributed by atoms with Crippen molar-refractivity contribution >= 4 is 0 Å². The Labute approximate surface area is 96.5 Å². The minimum atomic E-state index is -4.75. The lowest BCUT2D eigenvalue weighted by atomic mass is 10.1. The largest absolute Gasteiger partial charge is 0.449 e. The molecule has 2 N–H and O–H groups in total. The van der Waals surface area contributed by atoms with Crippen molar-refractivity contribution in [2.45, 2.75) is 6.18 Å². The van der Waals surface area contributed by atoms with Crippen molar-refractivity contribution < 1.29 is 13.2 Å². The van der Waals surface area contributed by atoms with Gasteiger partial charge in [0.25, 0.3) is 11.1 Å². The van der Waals surface area contributed by atoms with Gasteiger partial charge >= 0.3 is 6.18 Å². The average Bonchev–Trinajstić information content (AvgIpc) is 2.29.